The third-order valence-electron chi connectivity index (χ3n) is 8.31. The van der Waals surface area contributed by atoms with Gasteiger partial charge in [0.25, 0.3) is 0 Å². The van der Waals surface area contributed by atoms with Crippen LogP contribution >= 0.6 is 0 Å². The molecule has 1 atom stereocenters. The van der Waals surface area contributed by atoms with E-state index in [4.69, 9.17) is 0 Å². The van der Waals surface area contributed by atoms with Crippen molar-refractivity contribution in [2.45, 2.75) is 76.3 Å². The zero-order chi connectivity index (χ0) is 26.1. The Balaban J connectivity index is 1.31. The standard InChI is InChI=1S/C26H44N4O4S2/c1-21-19-22(2)26(23(3)20-21)36(33,34)30-11-5-7-25(30)8-6-18-35(31,32)29-16-14-28(15-17-29)24-9-12-27(4)13-10-24/h19-20,24-25H,5-18H2,1-4H3/t25-/m1/s1. The van der Waals surface area contributed by atoms with E-state index in [-0.39, 0.29) is 11.8 Å². The molecule has 0 spiro atoms. The summed E-state index contributed by atoms with van der Waals surface area (Å²) in [5, 5.41) is 0. The van der Waals surface area contributed by atoms with Crippen molar-refractivity contribution >= 4 is 20.0 Å². The molecule has 0 bridgehead atoms. The predicted octanol–water partition coefficient (Wildman–Crippen LogP) is 2.59. The number of piperidine rings is 1. The molecule has 3 heterocycles. The summed E-state index contributed by atoms with van der Waals surface area (Å²) in [6, 6.07) is 4.28. The molecular weight excluding hydrogens is 496 g/mol. The topological polar surface area (TPSA) is 81.2 Å². The van der Waals surface area contributed by atoms with Gasteiger partial charge in [-0.25, -0.2) is 16.8 Å². The molecule has 204 valence electrons. The average Bonchev–Trinajstić information content (AvgIpc) is 3.28. The Morgan fingerprint density at radius 2 is 1.44 bits per heavy atom. The Labute approximate surface area is 218 Å². The first-order chi connectivity index (χ1) is 17.0. The van der Waals surface area contributed by atoms with Gasteiger partial charge in [-0.05, 0) is 90.6 Å². The minimum Gasteiger partial charge on any atom is -0.306 e. The average molecular weight is 541 g/mol. The fourth-order valence-corrected chi connectivity index (χ4v) is 10.1. The number of rotatable bonds is 8. The first kappa shape index (κ1) is 28.0. The van der Waals surface area contributed by atoms with E-state index < -0.39 is 20.0 Å². The van der Waals surface area contributed by atoms with Crippen molar-refractivity contribution in [3.8, 4) is 0 Å². The minimum atomic E-state index is -3.61. The van der Waals surface area contributed by atoms with Crippen molar-refractivity contribution < 1.29 is 16.8 Å². The van der Waals surface area contributed by atoms with Gasteiger partial charge in [0.2, 0.25) is 20.0 Å². The molecule has 0 amide bonds. The summed E-state index contributed by atoms with van der Waals surface area (Å²) in [6.45, 7) is 11.1. The van der Waals surface area contributed by atoms with Crippen LogP contribution in [0.4, 0.5) is 0 Å². The quantitative estimate of drug-likeness (QED) is 0.504. The van der Waals surface area contributed by atoms with E-state index >= 15 is 0 Å². The van der Waals surface area contributed by atoms with E-state index in [0.717, 1.165) is 68.6 Å². The SMILES string of the molecule is Cc1cc(C)c(S(=O)(=O)N2CCC[C@@H]2CCCS(=O)(=O)N2CCN(C3CCN(C)CC3)CC2)c(C)c1. The highest BCUT2D eigenvalue weighted by Crippen LogP contribution is 2.32. The second-order valence-corrected chi connectivity index (χ2v) is 15.0. The zero-order valence-electron chi connectivity index (χ0n) is 22.4. The molecule has 0 saturated carbocycles. The maximum atomic E-state index is 13.6. The second kappa shape index (κ2) is 11.4. The summed E-state index contributed by atoms with van der Waals surface area (Å²) >= 11 is 0. The van der Waals surface area contributed by atoms with Crippen molar-refractivity contribution in [2.75, 3.05) is 58.6 Å². The van der Waals surface area contributed by atoms with Gasteiger partial charge in [0.1, 0.15) is 0 Å². The summed E-state index contributed by atoms with van der Waals surface area (Å²) < 4.78 is 56.6. The van der Waals surface area contributed by atoms with E-state index in [9.17, 15) is 16.8 Å². The van der Waals surface area contributed by atoms with Crippen molar-refractivity contribution in [1.29, 1.82) is 0 Å². The lowest BCUT2D eigenvalue weighted by atomic mass is 10.0. The molecule has 4 rings (SSSR count). The Morgan fingerprint density at radius 1 is 0.833 bits per heavy atom. The van der Waals surface area contributed by atoms with Gasteiger partial charge in [-0.3, -0.25) is 4.90 Å². The van der Waals surface area contributed by atoms with E-state index in [1.165, 1.54) is 0 Å². The van der Waals surface area contributed by atoms with Gasteiger partial charge in [0, 0.05) is 44.8 Å². The highest BCUT2D eigenvalue weighted by Gasteiger charge is 2.37. The number of hydrogen-bond donors (Lipinski definition) is 0. The second-order valence-electron chi connectivity index (χ2n) is 11.1. The normalized spacial score (nSPS) is 24.5. The van der Waals surface area contributed by atoms with Crippen LogP contribution in [0.25, 0.3) is 0 Å². The maximum Gasteiger partial charge on any atom is 0.243 e. The van der Waals surface area contributed by atoms with Crippen LogP contribution in [0.2, 0.25) is 0 Å². The number of hydrogen-bond acceptors (Lipinski definition) is 6. The van der Waals surface area contributed by atoms with Gasteiger partial charge in [0.15, 0.2) is 0 Å². The van der Waals surface area contributed by atoms with Crippen molar-refractivity contribution in [2.24, 2.45) is 0 Å². The molecule has 3 fully saturated rings. The summed E-state index contributed by atoms with van der Waals surface area (Å²) in [6.07, 6.45) is 4.99. The Kier molecular flexibility index (Phi) is 8.84. The summed E-state index contributed by atoms with van der Waals surface area (Å²) in [5.41, 5.74) is 2.61. The van der Waals surface area contributed by atoms with Crippen LogP contribution in [-0.4, -0.2) is 106 Å². The van der Waals surface area contributed by atoms with Gasteiger partial charge >= 0.3 is 0 Å². The van der Waals surface area contributed by atoms with Gasteiger partial charge in [-0.15, -0.1) is 0 Å². The van der Waals surface area contributed by atoms with Gasteiger partial charge in [0.05, 0.1) is 10.6 Å². The van der Waals surface area contributed by atoms with E-state index in [1.54, 1.807) is 8.61 Å². The van der Waals surface area contributed by atoms with Crippen LogP contribution in [0.1, 0.15) is 55.2 Å². The summed E-state index contributed by atoms with van der Waals surface area (Å²) in [4.78, 5) is 5.24. The molecule has 0 unspecified atom stereocenters. The maximum absolute atomic E-state index is 13.6. The highest BCUT2D eigenvalue weighted by atomic mass is 32.2. The van der Waals surface area contributed by atoms with Gasteiger partial charge in [-0.1, -0.05) is 17.7 Å². The Hall–Kier alpha value is -1.04. The molecule has 10 heteroatoms. The molecule has 0 aliphatic carbocycles. The molecule has 3 saturated heterocycles. The molecule has 36 heavy (non-hydrogen) atoms. The molecule has 0 N–H and O–H groups in total. The Bertz CT molecular complexity index is 1100. The van der Waals surface area contributed by atoms with E-state index in [1.807, 2.05) is 32.9 Å². The van der Waals surface area contributed by atoms with Crippen molar-refractivity contribution in [3.05, 3.63) is 28.8 Å². The van der Waals surface area contributed by atoms with Crippen LogP contribution in [0.3, 0.4) is 0 Å². The van der Waals surface area contributed by atoms with Crippen LogP contribution in [0.15, 0.2) is 17.0 Å². The van der Waals surface area contributed by atoms with Gasteiger partial charge in [-0.2, -0.15) is 8.61 Å². The lowest BCUT2D eigenvalue weighted by Crippen LogP contribution is -2.54. The van der Waals surface area contributed by atoms with E-state index in [0.29, 0.717) is 43.4 Å². The minimum absolute atomic E-state index is 0.0915. The molecule has 1 aromatic rings. The van der Waals surface area contributed by atoms with Crippen molar-refractivity contribution in [1.82, 2.24) is 18.4 Å². The molecule has 8 nitrogen and oxygen atoms in total. The largest absolute Gasteiger partial charge is 0.306 e. The first-order valence-electron chi connectivity index (χ1n) is 13.5. The number of nitrogens with zero attached hydrogens (tertiary/aromatic N) is 4. The molecule has 3 aliphatic heterocycles. The Morgan fingerprint density at radius 3 is 2.06 bits per heavy atom. The number of aryl methyl sites for hydroxylation is 3. The summed E-state index contributed by atoms with van der Waals surface area (Å²) in [5.74, 6) is 0.0915. The number of likely N-dealkylation sites (tertiary alicyclic amines) is 1. The summed E-state index contributed by atoms with van der Waals surface area (Å²) in [7, 11) is -4.78. The fraction of sp³-hybridized carbons (Fsp3) is 0.769. The number of sulfonamides is 2. The number of benzene rings is 1. The smallest absolute Gasteiger partial charge is 0.243 e. The van der Waals surface area contributed by atoms with Gasteiger partial charge < -0.3 is 4.90 Å². The number of piperazine rings is 1. The first-order valence-corrected chi connectivity index (χ1v) is 16.5. The fourth-order valence-electron chi connectivity index (χ4n) is 6.44. The zero-order valence-corrected chi connectivity index (χ0v) is 24.1. The lowest BCUT2D eigenvalue weighted by molar-refractivity contribution is 0.0892. The monoisotopic (exact) mass is 540 g/mol. The molecule has 1 aromatic carbocycles. The van der Waals surface area contributed by atoms with E-state index in [2.05, 4.69) is 16.8 Å². The molecule has 3 aliphatic rings. The lowest BCUT2D eigenvalue weighted by Gasteiger charge is -2.41. The van der Waals surface area contributed by atoms with Crippen LogP contribution in [-0.2, 0) is 20.0 Å². The third-order valence-corrected chi connectivity index (χ3v) is 12.5. The molecule has 0 radical (unpaired) electrons. The molecule has 0 aromatic heterocycles. The third kappa shape index (κ3) is 6.15. The van der Waals surface area contributed by atoms with Crippen LogP contribution < -0.4 is 0 Å². The highest BCUT2D eigenvalue weighted by molar-refractivity contribution is 7.89. The van der Waals surface area contributed by atoms with Crippen LogP contribution in [0.5, 0.6) is 0 Å². The molecular formula is C26H44N4O4S2. The predicted molar refractivity (Wildman–Crippen MR) is 144 cm³/mol. The van der Waals surface area contributed by atoms with Crippen molar-refractivity contribution in [3.63, 3.8) is 0 Å². The van der Waals surface area contributed by atoms with Crippen LogP contribution in [0, 0.1) is 20.8 Å².